The molecule has 16 heavy (non-hydrogen) atoms. The highest BCUT2D eigenvalue weighted by atomic mass is 35.5. The third kappa shape index (κ3) is 1.88. The summed E-state index contributed by atoms with van der Waals surface area (Å²) >= 11 is 6.17. The molecule has 1 aromatic heterocycles. The Morgan fingerprint density at radius 3 is 2.69 bits per heavy atom. The molecule has 1 aromatic rings. The number of halogens is 1. The smallest absolute Gasteiger partial charge is 0.144 e. The van der Waals surface area contributed by atoms with E-state index in [-0.39, 0.29) is 5.41 Å². The van der Waals surface area contributed by atoms with E-state index in [4.69, 9.17) is 11.6 Å². The van der Waals surface area contributed by atoms with E-state index in [1.54, 1.807) is 0 Å². The number of aryl methyl sites for hydroxylation is 2. The molecule has 0 amide bonds. The first kappa shape index (κ1) is 11.6. The van der Waals surface area contributed by atoms with Gasteiger partial charge in [0, 0.05) is 12.0 Å². The van der Waals surface area contributed by atoms with Gasteiger partial charge in [-0.15, -0.1) is 0 Å². The fourth-order valence-electron chi connectivity index (χ4n) is 1.87. The van der Waals surface area contributed by atoms with Crippen molar-refractivity contribution in [3.05, 3.63) is 16.4 Å². The van der Waals surface area contributed by atoms with Crippen LogP contribution >= 0.6 is 11.6 Å². The lowest BCUT2D eigenvalue weighted by Crippen LogP contribution is -2.17. The third-order valence-corrected chi connectivity index (χ3v) is 3.95. The summed E-state index contributed by atoms with van der Waals surface area (Å²) < 4.78 is 1.83. The van der Waals surface area contributed by atoms with E-state index in [0.29, 0.717) is 17.2 Å². The van der Waals surface area contributed by atoms with Crippen molar-refractivity contribution in [3.8, 4) is 0 Å². The van der Waals surface area contributed by atoms with Crippen LogP contribution < -0.4 is 0 Å². The van der Waals surface area contributed by atoms with Crippen LogP contribution in [0.4, 0.5) is 0 Å². The summed E-state index contributed by atoms with van der Waals surface area (Å²) in [6, 6.07) is 0. The first-order valence-electron chi connectivity index (χ1n) is 5.73. The van der Waals surface area contributed by atoms with Crippen molar-refractivity contribution in [3.63, 3.8) is 0 Å². The highest BCUT2D eigenvalue weighted by Gasteiger charge is 2.44. The number of nitrogens with zero attached hydrogens (tertiary/aromatic N) is 2. The number of Topliss-reactive ketones (excluding diaryl/α,β-unsaturated/α-hetero) is 1. The zero-order valence-electron chi connectivity index (χ0n) is 10.0. The van der Waals surface area contributed by atoms with E-state index in [2.05, 4.69) is 5.10 Å². The number of rotatable bonds is 4. The van der Waals surface area contributed by atoms with Gasteiger partial charge in [-0.2, -0.15) is 5.10 Å². The largest absolute Gasteiger partial charge is 0.299 e. The lowest BCUT2D eigenvalue weighted by molar-refractivity contribution is -0.123. The maximum Gasteiger partial charge on any atom is 0.144 e. The number of hydrogen-bond acceptors (Lipinski definition) is 2. The molecule has 0 spiro atoms. The van der Waals surface area contributed by atoms with Gasteiger partial charge in [0.15, 0.2) is 0 Å². The maximum atomic E-state index is 12.0. The molecule has 0 saturated heterocycles. The van der Waals surface area contributed by atoms with E-state index in [0.717, 1.165) is 30.8 Å². The molecule has 0 bridgehead atoms. The van der Waals surface area contributed by atoms with Gasteiger partial charge < -0.3 is 0 Å². The van der Waals surface area contributed by atoms with Crippen LogP contribution in [0, 0.1) is 12.3 Å². The Hall–Kier alpha value is -0.830. The van der Waals surface area contributed by atoms with Gasteiger partial charge in [-0.3, -0.25) is 9.48 Å². The fraction of sp³-hybridized carbons (Fsp3) is 0.667. The number of hydrogen-bond donors (Lipinski definition) is 0. The van der Waals surface area contributed by atoms with Crippen LogP contribution in [0.2, 0.25) is 5.02 Å². The van der Waals surface area contributed by atoms with Crippen LogP contribution in [0.5, 0.6) is 0 Å². The minimum absolute atomic E-state index is 0.0833. The van der Waals surface area contributed by atoms with Crippen LogP contribution in [0.3, 0.4) is 0 Å². The molecule has 3 nitrogen and oxygen atoms in total. The Kier molecular flexibility index (Phi) is 2.82. The van der Waals surface area contributed by atoms with E-state index in [1.165, 1.54) is 0 Å². The third-order valence-electron chi connectivity index (χ3n) is 3.45. The van der Waals surface area contributed by atoms with Gasteiger partial charge in [0.25, 0.3) is 0 Å². The second kappa shape index (κ2) is 3.88. The van der Waals surface area contributed by atoms with Crippen molar-refractivity contribution in [2.45, 2.75) is 46.6 Å². The summed E-state index contributed by atoms with van der Waals surface area (Å²) in [7, 11) is 0. The molecule has 0 aliphatic heterocycles. The monoisotopic (exact) mass is 240 g/mol. The molecule has 0 N–H and O–H groups in total. The lowest BCUT2D eigenvalue weighted by atomic mass is 9.99. The van der Waals surface area contributed by atoms with Gasteiger partial charge in [0.2, 0.25) is 0 Å². The van der Waals surface area contributed by atoms with Crippen molar-refractivity contribution >= 4 is 17.4 Å². The second-order valence-electron chi connectivity index (χ2n) is 4.82. The molecule has 88 valence electrons. The second-order valence-corrected chi connectivity index (χ2v) is 5.20. The fourth-order valence-corrected chi connectivity index (χ4v) is 2.07. The minimum atomic E-state index is -0.0833. The first-order chi connectivity index (χ1) is 7.48. The summed E-state index contributed by atoms with van der Waals surface area (Å²) in [5, 5.41) is 4.97. The number of carbonyl (C=O) groups is 1. The highest BCUT2D eigenvalue weighted by molar-refractivity contribution is 6.32. The van der Waals surface area contributed by atoms with Gasteiger partial charge >= 0.3 is 0 Å². The first-order valence-corrected chi connectivity index (χ1v) is 6.11. The quantitative estimate of drug-likeness (QED) is 0.811. The standard InChI is InChI=1S/C12H17ClN2O/c1-4-15-9(11(13)8(2)14-15)7-10(16)12(3)5-6-12/h4-7H2,1-3H3. The van der Waals surface area contributed by atoms with E-state index in [9.17, 15) is 4.79 Å². The molecular formula is C12H17ClN2O. The topological polar surface area (TPSA) is 34.9 Å². The van der Waals surface area contributed by atoms with Crippen molar-refractivity contribution < 1.29 is 4.79 Å². The number of aromatic nitrogens is 2. The molecule has 2 rings (SSSR count). The Bertz CT molecular complexity index is 432. The molecule has 1 fully saturated rings. The Balaban J connectivity index is 2.23. The zero-order valence-corrected chi connectivity index (χ0v) is 10.8. The number of ketones is 1. The van der Waals surface area contributed by atoms with Crippen LogP contribution in [0.15, 0.2) is 0 Å². The summed E-state index contributed by atoms with van der Waals surface area (Å²) in [6.45, 7) is 6.67. The van der Waals surface area contributed by atoms with E-state index < -0.39 is 0 Å². The van der Waals surface area contributed by atoms with Crippen LogP contribution in [-0.4, -0.2) is 15.6 Å². The van der Waals surface area contributed by atoms with Crippen LogP contribution in [0.25, 0.3) is 0 Å². The molecule has 1 aliphatic rings. The molecule has 0 radical (unpaired) electrons. The Morgan fingerprint density at radius 2 is 2.19 bits per heavy atom. The van der Waals surface area contributed by atoms with Crippen molar-refractivity contribution in [2.75, 3.05) is 0 Å². The SMILES string of the molecule is CCn1nc(C)c(Cl)c1CC(=O)C1(C)CC1. The molecule has 1 saturated carbocycles. The van der Waals surface area contributed by atoms with E-state index >= 15 is 0 Å². The average Bonchev–Trinajstić information content (AvgIpc) is 2.95. The summed E-state index contributed by atoms with van der Waals surface area (Å²) in [5.74, 6) is 0.295. The summed E-state index contributed by atoms with van der Waals surface area (Å²) in [6.07, 6.45) is 2.45. The van der Waals surface area contributed by atoms with Crippen molar-refractivity contribution in [2.24, 2.45) is 5.41 Å². The normalized spacial score (nSPS) is 17.5. The number of carbonyl (C=O) groups excluding carboxylic acids is 1. The van der Waals surface area contributed by atoms with Gasteiger partial charge in [0.05, 0.1) is 22.8 Å². The van der Waals surface area contributed by atoms with Gasteiger partial charge in [-0.25, -0.2) is 0 Å². The minimum Gasteiger partial charge on any atom is -0.299 e. The average molecular weight is 241 g/mol. The molecule has 4 heteroatoms. The molecule has 0 unspecified atom stereocenters. The predicted octanol–water partition coefficient (Wildman–Crippen LogP) is 2.78. The van der Waals surface area contributed by atoms with E-state index in [1.807, 2.05) is 25.5 Å². The van der Waals surface area contributed by atoms with Crippen LogP contribution in [0.1, 0.15) is 38.1 Å². The molecular weight excluding hydrogens is 224 g/mol. The Morgan fingerprint density at radius 1 is 1.56 bits per heavy atom. The van der Waals surface area contributed by atoms with Crippen molar-refractivity contribution in [1.82, 2.24) is 9.78 Å². The van der Waals surface area contributed by atoms with Gasteiger partial charge in [-0.05, 0) is 26.7 Å². The maximum absolute atomic E-state index is 12.0. The molecule has 1 heterocycles. The van der Waals surface area contributed by atoms with Crippen LogP contribution in [-0.2, 0) is 17.8 Å². The summed E-state index contributed by atoms with van der Waals surface area (Å²) in [4.78, 5) is 12.0. The highest BCUT2D eigenvalue weighted by Crippen LogP contribution is 2.46. The van der Waals surface area contributed by atoms with Gasteiger partial charge in [0.1, 0.15) is 5.78 Å². The summed E-state index contributed by atoms with van der Waals surface area (Å²) in [5.41, 5.74) is 1.60. The molecule has 0 atom stereocenters. The van der Waals surface area contributed by atoms with Crippen molar-refractivity contribution in [1.29, 1.82) is 0 Å². The Labute approximate surface area is 101 Å². The predicted molar refractivity (Wildman–Crippen MR) is 63.7 cm³/mol. The van der Waals surface area contributed by atoms with Gasteiger partial charge in [-0.1, -0.05) is 18.5 Å². The zero-order chi connectivity index (χ0) is 11.9. The lowest BCUT2D eigenvalue weighted by Gasteiger charge is -2.08. The molecule has 1 aliphatic carbocycles. The molecule has 0 aromatic carbocycles.